The zero-order valence-electron chi connectivity index (χ0n) is 14.1. The van der Waals surface area contributed by atoms with E-state index in [4.69, 9.17) is 4.74 Å². The van der Waals surface area contributed by atoms with Gasteiger partial charge in [0.25, 0.3) is 0 Å². The number of carbonyl (C=O) groups excluding carboxylic acids is 1. The Morgan fingerprint density at radius 2 is 2.04 bits per heavy atom. The van der Waals surface area contributed by atoms with Gasteiger partial charge >= 0.3 is 0 Å². The Labute approximate surface area is 138 Å². The average Bonchev–Trinajstić information content (AvgIpc) is 2.56. The summed E-state index contributed by atoms with van der Waals surface area (Å²) in [5.74, 6) is 0.864. The van der Waals surface area contributed by atoms with Crippen molar-refractivity contribution in [1.82, 2.24) is 10.2 Å². The summed E-state index contributed by atoms with van der Waals surface area (Å²) in [5.41, 5.74) is 1.03. The maximum absolute atomic E-state index is 12.3. The van der Waals surface area contributed by atoms with Gasteiger partial charge in [-0.1, -0.05) is 25.1 Å². The minimum absolute atomic E-state index is 0.0274. The van der Waals surface area contributed by atoms with Gasteiger partial charge in [-0.05, 0) is 32.3 Å². The highest BCUT2D eigenvalue weighted by atomic mass is 16.5. The van der Waals surface area contributed by atoms with Crippen LogP contribution in [0.1, 0.15) is 44.7 Å². The molecule has 0 radical (unpaired) electrons. The maximum atomic E-state index is 12.3. The predicted octanol–water partition coefficient (Wildman–Crippen LogP) is 2.11. The van der Waals surface area contributed by atoms with Gasteiger partial charge in [0.15, 0.2) is 0 Å². The third kappa shape index (κ3) is 5.22. The lowest BCUT2D eigenvalue weighted by Gasteiger charge is -2.29. The molecule has 128 valence electrons. The van der Waals surface area contributed by atoms with E-state index in [1.54, 1.807) is 0 Å². The summed E-state index contributed by atoms with van der Waals surface area (Å²) in [6.07, 6.45) is 2.10. The summed E-state index contributed by atoms with van der Waals surface area (Å²) < 4.78 is 5.67. The first-order valence-electron chi connectivity index (χ1n) is 8.55. The van der Waals surface area contributed by atoms with E-state index in [2.05, 4.69) is 17.1 Å². The molecule has 1 atom stereocenters. The number of likely N-dealkylation sites (tertiary alicyclic amines) is 1. The van der Waals surface area contributed by atoms with E-state index in [0.29, 0.717) is 13.2 Å². The standard InChI is InChI=1S/C18H28N2O3/c1-3-16(15-7-5-6-8-17(15)23-4-2)19-18(22)13-20-11-9-14(21)10-12-20/h5-8,14,16,21H,3-4,9-13H2,1-2H3,(H,19,22). The molecule has 1 saturated heterocycles. The normalized spacial score (nSPS) is 17.7. The number of ether oxygens (including phenoxy) is 1. The Kier molecular flexibility index (Phi) is 6.86. The van der Waals surface area contributed by atoms with E-state index in [-0.39, 0.29) is 18.1 Å². The molecule has 1 aromatic rings. The summed E-state index contributed by atoms with van der Waals surface area (Å²) in [5, 5.41) is 12.7. The molecule has 23 heavy (non-hydrogen) atoms. The number of nitrogens with zero attached hydrogens (tertiary/aromatic N) is 1. The van der Waals surface area contributed by atoms with E-state index >= 15 is 0 Å². The van der Waals surface area contributed by atoms with Crippen molar-refractivity contribution in [3.8, 4) is 5.75 Å². The van der Waals surface area contributed by atoms with Crippen LogP contribution in [0.2, 0.25) is 0 Å². The molecule has 1 amide bonds. The number of hydrogen-bond donors (Lipinski definition) is 2. The predicted molar refractivity (Wildman–Crippen MR) is 90.5 cm³/mol. The third-order valence-electron chi connectivity index (χ3n) is 4.26. The van der Waals surface area contributed by atoms with Crippen LogP contribution in [0.15, 0.2) is 24.3 Å². The van der Waals surface area contributed by atoms with Crippen LogP contribution in [0, 0.1) is 0 Å². The molecule has 1 aliphatic rings. The van der Waals surface area contributed by atoms with E-state index in [9.17, 15) is 9.90 Å². The zero-order valence-corrected chi connectivity index (χ0v) is 14.1. The van der Waals surface area contributed by atoms with Crippen LogP contribution >= 0.6 is 0 Å². The molecule has 0 spiro atoms. The van der Waals surface area contributed by atoms with Crippen LogP contribution in [0.4, 0.5) is 0 Å². The topological polar surface area (TPSA) is 61.8 Å². The fourth-order valence-electron chi connectivity index (χ4n) is 2.98. The minimum atomic E-state index is -0.212. The lowest BCUT2D eigenvalue weighted by atomic mass is 10.0. The Balaban J connectivity index is 1.95. The third-order valence-corrected chi connectivity index (χ3v) is 4.26. The summed E-state index contributed by atoms with van der Waals surface area (Å²) in [4.78, 5) is 14.4. The van der Waals surface area contributed by atoms with Crippen molar-refractivity contribution in [2.45, 2.75) is 45.3 Å². The maximum Gasteiger partial charge on any atom is 0.234 e. The molecule has 5 heteroatoms. The fourth-order valence-corrected chi connectivity index (χ4v) is 2.98. The van der Waals surface area contributed by atoms with Crippen LogP contribution in [0.25, 0.3) is 0 Å². The monoisotopic (exact) mass is 320 g/mol. The summed E-state index contributed by atoms with van der Waals surface area (Å²) in [6.45, 7) is 6.57. The Bertz CT molecular complexity index is 499. The van der Waals surface area contributed by atoms with Gasteiger partial charge < -0.3 is 15.2 Å². The number of amides is 1. The highest BCUT2D eigenvalue weighted by Gasteiger charge is 2.21. The first-order valence-corrected chi connectivity index (χ1v) is 8.55. The molecule has 0 aliphatic carbocycles. The molecule has 5 nitrogen and oxygen atoms in total. The molecule has 2 rings (SSSR count). The van der Waals surface area contributed by atoms with Gasteiger partial charge in [0.2, 0.25) is 5.91 Å². The quantitative estimate of drug-likeness (QED) is 0.808. The van der Waals surface area contributed by atoms with Crippen LogP contribution in [-0.4, -0.2) is 48.3 Å². The van der Waals surface area contributed by atoms with Crippen molar-refractivity contribution >= 4 is 5.91 Å². The SMILES string of the molecule is CCOc1ccccc1C(CC)NC(=O)CN1CCC(O)CC1. The van der Waals surface area contributed by atoms with Crippen LogP contribution < -0.4 is 10.1 Å². The van der Waals surface area contributed by atoms with Crippen molar-refractivity contribution in [3.63, 3.8) is 0 Å². The number of benzene rings is 1. The molecule has 1 heterocycles. The van der Waals surface area contributed by atoms with Crippen molar-refractivity contribution in [1.29, 1.82) is 0 Å². The first kappa shape index (κ1) is 17.8. The Morgan fingerprint density at radius 1 is 1.35 bits per heavy atom. The smallest absolute Gasteiger partial charge is 0.234 e. The van der Waals surface area contributed by atoms with Crippen LogP contribution in [0.5, 0.6) is 5.75 Å². The van der Waals surface area contributed by atoms with Gasteiger partial charge in [-0.15, -0.1) is 0 Å². The van der Waals surface area contributed by atoms with Gasteiger partial charge in [-0.2, -0.15) is 0 Å². The average molecular weight is 320 g/mol. The molecule has 1 aliphatic heterocycles. The van der Waals surface area contributed by atoms with Crippen molar-refractivity contribution in [2.75, 3.05) is 26.2 Å². The number of aliphatic hydroxyl groups is 1. The number of aliphatic hydroxyl groups excluding tert-OH is 1. The molecule has 0 aromatic heterocycles. The molecule has 0 saturated carbocycles. The lowest BCUT2D eigenvalue weighted by Crippen LogP contribution is -2.43. The number of hydrogen-bond acceptors (Lipinski definition) is 4. The number of nitrogens with one attached hydrogen (secondary N) is 1. The van der Waals surface area contributed by atoms with Gasteiger partial charge in [-0.25, -0.2) is 0 Å². The Hall–Kier alpha value is -1.59. The van der Waals surface area contributed by atoms with Gasteiger partial charge in [-0.3, -0.25) is 9.69 Å². The Morgan fingerprint density at radius 3 is 2.70 bits per heavy atom. The second-order valence-electron chi connectivity index (χ2n) is 6.01. The van der Waals surface area contributed by atoms with Gasteiger partial charge in [0.05, 0.1) is 25.3 Å². The van der Waals surface area contributed by atoms with E-state index < -0.39 is 0 Å². The second-order valence-corrected chi connectivity index (χ2v) is 6.01. The molecular formula is C18H28N2O3. The van der Waals surface area contributed by atoms with Gasteiger partial charge in [0.1, 0.15) is 5.75 Å². The number of para-hydroxylation sites is 1. The second kappa shape index (κ2) is 8.89. The number of rotatable bonds is 7. The molecule has 1 unspecified atom stereocenters. The van der Waals surface area contributed by atoms with E-state index in [0.717, 1.165) is 43.7 Å². The van der Waals surface area contributed by atoms with E-state index in [1.165, 1.54) is 0 Å². The van der Waals surface area contributed by atoms with Crippen LogP contribution in [0.3, 0.4) is 0 Å². The molecule has 2 N–H and O–H groups in total. The summed E-state index contributed by atoms with van der Waals surface area (Å²) in [6, 6.07) is 7.83. The van der Waals surface area contributed by atoms with Crippen molar-refractivity contribution in [3.05, 3.63) is 29.8 Å². The highest BCUT2D eigenvalue weighted by Crippen LogP contribution is 2.27. The molecular weight excluding hydrogens is 292 g/mol. The number of piperidine rings is 1. The molecule has 1 aromatic carbocycles. The van der Waals surface area contributed by atoms with E-state index in [1.807, 2.05) is 31.2 Å². The van der Waals surface area contributed by atoms with Crippen molar-refractivity contribution < 1.29 is 14.6 Å². The van der Waals surface area contributed by atoms with Crippen molar-refractivity contribution in [2.24, 2.45) is 0 Å². The fraction of sp³-hybridized carbons (Fsp3) is 0.611. The lowest BCUT2D eigenvalue weighted by molar-refractivity contribution is -0.123. The largest absolute Gasteiger partial charge is 0.494 e. The highest BCUT2D eigenvalue weighted by molar-refractivity contribution is 5.78. The zero-order chi connectivity index (χ0) is 16.7. The summed E-state index contributed by atoms with van der Waals surface area (Å²) in [7, 11) is 0. The molecule has 0 bridgehead atoms. The number of carbonyl (C=O) groups is 1. The first-order chi connectivity index (χ1) is 11.1. The molecule has 1 fully saturated rings. The minimum Gasteiger partial charge on any atom is -0.494 e. The summed E-state index contributed by atoms with van der Waals surface area (Å²) >= 11 is 0. The van der Waals surface area contributed by atoms with Crippen LogP contribution in [-0.2, 0) is 4.79 Å². The van der Waals surface area contributed by atoms with Gasteiger partial charge in [0, 0.05) is 18.7 Å².